The molecule has 0 radical (unpaired) electrons. The number of unbranched alkanes of at least 4 members (excludes halogenated alkanes) is 2. The molecule has 152 valence electrons. The highest BCUT2D eigenvalue weighted by Gasteiger charge is 2.10. The van der Waals surface area contributed by atoms with Crippen molar-refractivity contribution in [2.24, 2.45) is 0 Å². The molecule has 0 saturated heterocycles. The molecule has 0 aromatic heterocycles. The predicted molar refractivity (Wildman–Crippen MR) is 103 cm³/mol. The highest BCUT2D eigenvalue weighted by Crippen LogP contribution is 2.05. The largest absolute Gasteiger partial charge is 0.362 e. The second-order valence-corrected chi connectivity index (χ2v) is 6.12. The molecule has 29 heavy (non-hydrogen) atoms. The van der Waals surface area contributed by atoms with Gasteiger partial charge in [0.15, 0.2) is 0 Å². The first-order valence-electron chi connectivity index (χ1n) is 9.16. The minimum absolute atomic E-state index is 0.159. The lowest BCUT2D eigenvalue weighted by atomic mass is 10.1. The van der Waals surface area contributed by atoms with Gasteiger partial charge in [-0.1, -0.05) is 42.8 Å². The number of hydroxylamine groups is 2. The number of hydrogen-bond acceptors (Lipinski definition) is 6. The third-order valence-corrected chi connectivity index (χ3v) is 3.84. The Morgan fingerprint density at radius 3 is 1.34 bits per heavy atom. The summed E-state index contributed by atoms with van der Waals surface area (Å²) >= 11 is 0. The number of benzene rings is 2. The van der Waals surface area contributed by atoms with E-state index in [1.807, 2.05) is 0 Å². The molecular weight excluding hydrogens is 376 g/mol. The van der Waals surface area contributed by atoms with Crippen LogP contribution in [0.4, 0.5) is 0 Å². The first-order valence-corrected chi connectivity index (χ1v) is 9.16. The third kappa shape index (κ3) is 8.25. The summed E-state index contributed by atoms with van der Waals surface area (Å²) in [5.74, 6) is -2.12. The van der Waals surface area contributed by atoms with Gasteiger partial charge in [0.25, 0.3) is 11.8 Å². The Morgan fingerprint density at radius 2 is 0.966 bits per heavy atom. The van der Waals surface area contributed by atoms with Gasteiger partial charge in [0, 0.05) is 12.8 Å². The van der Waals surface area contributed by atoms with Gasteiger partial charge in [-0.05, 0) is 37.1 Å². The van der Waals surface area contributed by atoms with Crippen LogP contribution in [-0.2, 0) is 19.3 Å². The summed E-state index contributed by atoms with van der Waals surface area (Å²) in [7, 11) is 0. The minimum Gasteiger partial charge on any atom is -0.335 e. The number of carbonyl (C=O) groups excluding carboxylic acids is 4. The van der Waals surface area contributed by atoms with E-state index in [9.17, 15) is 19.2 Å². The first-order chi connectivity index (χ1) is 14.1. The monoisotopic (exact) mass is 398 g/mol. The summed E-state index contributed by atoms with van der Waals surface area (Å²) in [4.78, 5) is 56.1. The highest BCUT2D eigenvalue weighted by atomic mass is 16.7. The van der Waals surface area contributed by atoms with E-state index >= 15 is 0 Å². The lowest BCUT2D eigenvalue weighted by Crippen LogP contribution is -2.27. The SMILES string of the molecule is O=C(CCCCCC(=O)NOC(=O)c1ccccc1)NOC(=O)c1ccccc1. The molecule has 0 unspecified atom stereocenters. The molecular formula is C21H22N2O6. The zero-order valence-electron chi connectivity index (χ0n) is 15.8. The fourth-order valence-corrected chi connectivity index (χ4v) is 2.32. The average Bonchev–Trinajstić information content (AvgIpc) is 2.76. The zero-order chi connectivity index (χ0) is 20.9. The Kier molecular flexibility index (Phi) is 8.88. The van der Waals surface area contributed by atoms with E-state index in [4.69, 9.17) is 9.68 Å². The van der Waals surface area contributed by atoms with E-state index in [0.29, 0.717) is 30.4 Å². The van der Waals surface area contributed by atoms with Crippen LogP contribution in [0.5, 0.6) is 0 Å². The van der Waals surface area contributed by atoms with Crippen molar-refractivity contribution < 1.29 is 28.9 Å². The van der Waals surface area contributed by atoms with Crippen LogP contribution in [0, 0.1) is 0 Å². The van der Waals surface area contributed by atoms with E-state index in [1.165, 1.54) is 0 Å². The molecule has 2 aromatic carbocycles. The Labute approximate surface area is 168 Å². The molecule has 0 aliphatic rings. The lowest BCUT2D eigenvalue weighted by Gasteiger charge is -2.06. The number of amides is 2. The van der Waals surface area contributed by atoms with Gasteiger partial charge < -0.3 is 9.68 Å². The average molecular weight is 398 g/mol. The molecule has 0 bridgehead atoms. The summed E-state index contributed by atoms with van der Waals surface area (Å²) < 4.78 is 0. The van der Waals surface area contributed by atoms with Gasteiger partial charge in [0.1, 0.15) is 0 Å². The standard InChI is InChI=1S/C21H22N2O6/c24-18(22-28-20(26)16-10-4-1-5-11-16)14-8-3-9-15-19(25)23-29-21(27)17-12-6-2-7-13-17/h1-2,4-7,10-13H,3,8-9,14-15H2,(H,22,24)(H,23,25). The predicted octanol–water partition coefficient (Wildman–Crippen LogP) is 2.71. The smallest absolute Gasteiger partial charge is 0.335 e. The normalized spacial score (nSPS) is 9.93. The fourth-order valence-electron chi connectivity index (χ4n) is 2.32. The molecule has 0 aliphatic carbocycles. The van der Waals surface area contributed by atoms with Crippen LogP contribution in [0.3, 0.4) is 0 Å². The molecule has 8 nitrogen and oxygen atoms in total. The maximum Gasteiger partial charge on any atom is 0.362 e. The summed E-state index contributed by atoms with van der Waals surface area (Å²) in [5, 5.41) is 0. The van der Waals surface area contributed by atoms with Crippen LogP contribution in [0.1, 0.15) is 52.8 Å². The van der Waals surface area contributed by atoms with Gasteiger partial charge in [0.05, 0.1) is 11.1 Å². The molecule has 2 rings (SSSR count). The third-order valence-electron chi connectivity index (χ3n) is 3.84. The molecule has 0 spiro atoms. The van der Waals surface area contributed by atoms with Gasteiger partial charge in [-0.15, -0.1) is 0 Å². The van der Waals surface area contributed by atoms with Crippen molar-refractivity contribution in [3.63, 3.8) is 0 Å². The summed E-state index contributed by atoms with van der Waals surface area (Å²) in [6, 6.07) is 16.6. The lowest BCUT2D eigenvalue weighted by molar-refractivity contribution is -0.130. The van der Waals surface area contributed by atoms with Crippen molar-refractivity contribution in [1.29, 1.82) is 0 Å². The van der Waals surface area contributed by atoms with Crippen molar-refractivity contribution >= 4 is 23.8 Å². The van der Waals surface area contributed by atoms with Gasteiger partial charge >= 0.3 is 11.9 Å². The maximum atomic E-state index is 11.7. The second kappa shape index (κ2) is 11.9. The van der Waals surface area contributed by atoms with Crippen LogP contribution >= 0.6 is 0 Å². The van der Waals surface area contributed by atoms with E-state index < -0.39 is 23.8 Å². The van der Waals surface area contributed by atoms with Gasteiger partial charge in [-0.3, -0.25) is 9.59 Å². The van der Waals surface area contributed by atoms with Gasteiger partial charge in [-0.2, -0.15) is 11.0 Å². The molecule has 2 aromatic rings. The molecule has 0 saturated carbocycles. The molecule has 2 N–H and O–H groups in total. The number of rotatable bonds is 8. The fraction of sp³-hybridized carbons (Fsp3) is 0.238. The van der Waals surface area contributed by atoms with E-state index in [-0.39, 0.29) is 12.8 Å². The van der Waals surface area contributed by atoms with Crippen LogP contribution in [0.25, 0.3) is 0 Å². The van der Waals surface area contributed by atoms with Crippen molar-refractivity contribution in [2.75, 3.05) is 0 Å². The van der Waals surface area contributed by atoms with Crippen LogP contribution in [-0.4, -0.2) is 23.8 Å². The molecule has 0 atom stereocenters. The van der Waals surface area contributed by atoms with Gasteiger partial charge in [-0.25, -0.2) is 9.59 Å². The second-order valence-electron chi connectivity index (χ2n) is 6.12. The van der Waals surface area contributed by atoms with Crippen molar-refractivity contribution in [1.82, 2.24) is 11.0 Å². The Balaban J connectivity index is 1.51. The van der Waals surface area contributed by atoms with Crippen molar-refractivity contribution in [2.45, 2.75) is 32.1 Å². The van der Waals surface area contributed by atoms with E-state index in [0.717, 1.165) is 0 Å². The van der Waals surface area contributed by atoms with Crippen LogP contribution in [0.2, 0.25) is 0 Å². The van der Waals surface area contributed by atoms with Crippen LogP contribution in [0.15, 0.2) is 60.7 Å². The summed E-state index contributed by atoms with van der Waals surface area (Å²) in [5.41, 5.74) is 4.89. The number of carbonyl (C=O) groups is 4. The summed E-state index contributed by atoms with van der Waals surface area (Å²) in [6.07, 6.45) is 1.97. The number of hydrogen-bond donors (Lipinski definition) is 2. The molecule has 0 heterocycles. The quantitative estimate of drug-likeness (QED) is 0.522. The molecule has 0 aliphatic heterocycles. The zero-order valence-corrected chi connectivity index (χ0v) is 15.8. The van der Waals surface area contributed by atoms with E-state index in [2.05, 4.69) is 11.0 Å². The Hall–Kier alpha value is -3.68. The maximum absolute atomic E-state index is 11.7. The highest BCUT2D eigenvalue weighted by molar-refractivity contribution is 5.90. The first kappa shape index (κ1) is 21.6. The Bertz CT molecular complexity index is 754. The van der Waals surface area contributed by atoms with E-state index in [1.54, 1.807) is 60.7 Å². The van der Waals surface area contributed by atoms with Crippen LogP contribution < -0.4 is 11.0 Å². The minimum atomic E-state index is -0.638. The van der Waals surface area contributed by atoms with Crippen molar-refractivity contribution in [3.8, 4) is 0 Å². The molecule has 2 amide bonds. The molecule has 0 fully saturated rings. The molecule has 8 heteroatoms. The summed E-state index contributed by atoms with van der Waals surface area (Å²) in [6.45, 7) is 0. The number of nitrogens with one attached hydrogen (secondary N) is 2. The topological polar surface area (TPSA) is 111 Å². The van der Waals surface area contributed by atoms with Crippen molar-refractivity contribution in [3.05, 3.63) is 71.8 Å². The van der Waals surface area contributed by atoms with Gasteiger partial charge in [0.2, 0.25) is 0 Å². The Morgan fingerprint density at radius 1 is 0.586 bits per heavy atom.